The Labute approximate surface area is 215 Å². The van der Waals surface area contributed by atoms with E-state index < -0.39 is 64.4 Å². The van der Waals surface area contributed by atoms with E-state index in [4.69, 9.17) is 4.74 Å². The van der Waals surface area contributed by atoms with Crippen LogP contribution in [-0.2, 0) is 14.3 Å². The Bertz CT molecular complexity index is 1200. The van der Waals surface area contributed by atoms with Crippen LogP contribution in [-0.4, -0.2) is 51.9 Å². The highest BCUT2D eigenvalue weighted by atomic mass is 19.1. The van der Waals surface area contributed by atoms with E-state index in [0.29, 0.717) is 30.5 Å². The highest BCUT2D eigenvalue weighted by Gasteiger charge is 2.77. The molecule has 5 rings (SSSR count). The van der Waals surface area contributed by atoms with Crippen LogP contribution >= 0.6 is 0 Å². The standard InChI is InChI=1S/C29H34FNO6/c1-17-13-22-21-10-9-18-14-20(33)11-12-26(18,2)28(21,30)23(34)15-27(22,3)29(17,24(35)16-32)37-25(36)31-19-7-5-4-6-8-19/h4-8,11-12,14,17,21-23,32,34H,9-10,13,15-16H2,1-3H3,(H,31,36)/t17-,21?,22?,23-,26-,27-,28?,29+/m0/s1. The Morgan fingerprint density at radius 1 is 1.19 bits per heavy atom. The lowest BCUT2D eigenvalue weighted by Gasteiger charge is -2.62. The molecule has 7 nitrogen and oxygen atoms in total. The molecule has 1 aromatic carbocycles. The molecule has 4 aliphatic carbocycles. The Kier molecular flexibility index (Phi) is 5.99. The first-order valence-corrected chi connectivity index (χ1v) is 12.9. The van der Waals surface area contributed by atoms with Crippen molar-refractivity contribution in [3.05, 3.63) is 54.1 Å². The van der Waals surface area contributed by atoms with Gasteiger partial charge in [-0.05, 0) is 62.8 Å². The molecule has 0 aromatic heterocycles. The van der Waals surface area contributed by atoms with E-state index in [1.807, 2.05) is 0 Å². The lowest BCUT2D eigenvalue weighted by Crippen LogP contribution is -2.70. The molecular formula is C29H34FNO6. The number of halogens is 1. The molecule has 0 aliphatic heterocycles. The molecule has 0 spiro atoms. The summed E-state index contributed by atoms with van der Waals surface area (Å²) in [6.07, 6.45) is 3.23. The van der Waals surface area contributed by atoms with Crippen LogP contribution in [0.3, 0.4) is 0 Å². The van der Waals surface area contributed by atoms with E-state index in [9.17, 15) is 24.6 Å². The summed E-state index contributed by atoms with van der Waals surface area (Å²) in [5, 5.41) is 24.2. The highest BCUT2D eigenvalue weighted by Crippen LogP contribution is 2.71. The average Bonchev–Trinajstić information content (AvgIpc) is 3.07. The number of anilines is 1. The van der Waals surface area contributed by atoms with Crippen LogP contribution in [0.25, 0.3) is 0 Å². The summed E-state index contributed by atoms with van der Waals surface area (Å²) in [6, 6.07) is 8.66. The van der Waals surface area contributed by atoms with Gasteiger partial charge < -0.3 is 14.9 Å². The van der Waals surface area contributed by atoms with Crippen molar-refractivity contribution in [2.45, 2.75) is 63.8 Å². The first kappa shape index (κ1) is 25.8. The van der Waals surface area contributed by atoms with Crippen LogP contribution in [0.1, 0.15) is 46.5 Å². The van der Waals surface area contributed by atoms with Gasteiger partial charge in [-0.2, -0.15) is 0 Å². The fraction of sp³-hybridized carbons (Fsp3) is 0.552. The predicted octanol–water partition coefficient (Wildman–Crippen LogP) is 4.15. The number of carbonyl (C=O) groups excluding carboxylic acids is 3. The number of amides is 1. The Balaban J connectivity index is 1.56. The summed E-state index contributed by atoms with van der Waals surface area (Å²) in [6.45, 7) is 4.45. The van der Waals surface area contributed by atoms with Gasteiger partial charge in [0.1, 0.15) is 6.61 Å². The van der Waals surface area contributed by atoms with E-state index >= 15 is 4.39 Å². The van der Waals surface area contributed by atoms with Crippen LogP contribution < -0.4 is 5.32 Å². The lowest BCUT2D eigenvalue weighted by atomic mass is 9.44. The molecule has 198 valence electrons. The SMILES string of the molecule is C[C@H]1CC2C3CCC4=CC(=O)C=C[C@]4(C)C3(F)[C@@H](O)C[C@]2(C)[C@]1(OC(=O)Nc1ccccc1)C(=O)CO. The van der Waals surface area contributed by atoms with Gasteiger partial charge in [0.15, 0.2) is 17.1 Å². The number of hydrogen-bond donors (Lipinski definition) is 3. The second kappa shape index (κ2) is 8.60. The Morgan fingerprint density at radius 2 is 1.89 bits per heavy atom. The Hall–Kier alpha value is -2.84. The minimum absolute atomic E-state index is 0.135. The molecule has 0 saturated heterocycles. The van der Waals surface area contributed by atoms with Crippen LogP contribution in [0.4, 0.5) is 14.9 Å². The van der Waals surface area contributed by atoms with Gasteiger partial charge >= 0.3 is 6.09 Å². The number of para-hydroxylation sites is 1. The second-order valence-corrected chi connectivity index (χ2v) is 11.6. The van der Waals surface area contributed by atoms with E-state index in [-0.39, 0.29) is 12.2 Å². The van der Waals surface area contributed by atoms with Crippen molar-refractivity contribution < 1.29 is 33.7 Å². The fourth-order valence-electron chi connectivity index (χ4n) is 8.33. The number of aliphatic hydroxyl groups excluding tert-OH is 2. The molecule has 1 amide bonds. The van der Waals surface area contributed by atoms with Crippen molar-refractivity contribution >= 4 is 23.3 Å². The van der Waals surface area contributed by atoms with E-state index in [1.165, 1.54) is 12.2 Å². The summed E-state index contributed by atoms with van der Waals surface area (Å²) < 4.78 is 23.4. The number of aliphatic hydroxyl groups is 2. The third-order valence-electron chi connectivity index (χ3n) is 10.0. The van der Waals surface area contributed by atoms with Crippen molar-refractivity contribution in [2.24, 2.45) is 28.6 Å². The van der Waals surface area contributed by atoms with Gasteiger partial charge in [0, 0.05) is 28.4 Å². The molecule has 1 aromatic rings. The number of ketones is 2. The van der Waals surface area contributed by atoms with Gasteiger partial charge in [-0.3, -0.25) is 14.9 Å². The molecule has 4 aliphatic rings. The third kappa shape index (κ3) is 3.34. The van der Waals surface area contributed by atoms with Gasteiger partial charge in [0.05, 0.1) is 6.10 Å². The van der Waals surface area contributed by atoms with Crippen LogP contribution in [0.15, 0.2) is 54.1 Å². The predicted molar refractivity (Wildman–Crippen MR) is 134 cm³/mol. The highest BCUT2D eigenvalue weighted by molar-refractivity contribution is 6.01. The third-order valence-corrected chi connectivity index (χ3v) is 10.0. The zero-order chi connectivity index (χ0) is 26.8. The maximum atomic E-state index is 17.4. The number of ether oxygens (including phenoxy) is 1. The number of benzene rings is 1. The number of alkyl halides is 1. The number of Topliss-reactive ketones (excluding diaryl/α,β-unsaturated/α-hetero) is 1. The summed E-state index contributed by atoms with van der Waals surface area (Å²) in [5.74, 6) is -2.41. The molecule has 3 unspecified atom stereocenters. The molecular weight excluding hydrogens is 477 g/mol. The molecule has 0 bridgehead atoms. The number of fused-ring (bicyclic) bond motifs is 5. The molecule has 0 heterocycles. The minimum atomic E-state index is -2.07. The van der Waals surface area contributed by atoms with Gasteiger partial charge in [-0.25, -0.2) is 9.18 Å². The molecule has 8 atom stereocenters. The number of carbonyl (C=O) groups is 3. The number of allylic oxidation sites excluding steroid dienone is 4. The summed E-state index contributed by atoms with van der Waals surface area (Å²) in [5.41, 5.74) is -4.94. The monoisotopic (exact) mass is 511 g/mol. The molecule has 3 saturated carbocycles. The zero-order valence-corrected chi connectivity index (χ0v) is 21.4. The van der Waals surface area contributed by atoms with Gasteiger partial charge in [-0.15, -0.1) is 0 Å². The van der Waals surface area contributed by atoms with Crippen molar-refractivity contribution in [3.63, 3.8) is 0 Å². The smallest absolute Gasteiger partial charge is 0.412 e. The summed E-state index contributed by atoms with van der Waals surface area (Å²) in [4.78, 5) is 38.6. The van der Waals surface area contributed by atoms with Gasteiger partial charge in [0.2, 0.25) is 5.78 Å². The zero-order valence-electron chi connectivity index (χ0n) is 21.4. The maximum absolute atomic E-state index is 17.4. The molecule has 37 heavy (non-hydrogen) atoms. The Morgan fingerprint density at radius 3 is 2.57 bits per heavy atom. The van der Waals surface area contributed by atoms with Crippen LogP contribution in [0.2, 0.25) is 0 Å². The van der Waals surface area contributed by atoms with Crippen molar-refractivity contribution in [3.8, 4) is 0 Å². The fourth-order valence-corrected chi connectivity index (χ4v) is 8.33. The van der Waals surface area contributed by atoms with E-state index in [2.05, 4.69) is 5.32 Å². The molecule has 3 N–H and O–H groups in total. The van der Waals surface area contributed by atoms with Gasteiger partial charge in [-0.1, -0.05) is 43.7 Å². The number of rotatable bonds is 4. The van der Waals surface area contributed by atoms with E-state index in [0.717, 1.165) is 0 Å². The number of nitrogens with one attached hydrogen (secondary N) is 1. The first-order chi connectivity index (χ1) is 17.4. The largest absolute Gasteiger partial charge is 0.434 e. The second-order valence-electron chi connectivity index (χ2n) is 11.6. The molecule has 0 radical (unpaired) electrons. The van der Waals surface area contributed by atoms with Crippen LogP contribution in [0.5, 0.6) is 0 Å². The first-order valence-electron chi connectivity index (χ1n) is 12.9. The topological polar surface area (TPSA) is 113 Å². The normalized spacial score (nSPS) is 42.2. The molecule has 3 fully saturated rings. The quantitative estimate of drug-likeness (QED) is 0.560. The van der Waals surface area contributed by atoms with Crippen LogP contribution in [0, 0.1) is 28.6 Å². The summed E-state index contributed by atoms with van der Waals surface area (Å²) in [7, 11) is 0. The summed E-state index contributed by atoms with van der Waals surface area (Å²) >= 11 is 0. The number of hydrogen-bond acceptors (Lipinski definition) is 6. The van der Waals surface area contributed by atoms with Crippen molar-refractivity contribution in [1.82, 2.24) is 0 Å². The maximum Gasteiger partial charge on any atom is 0.412 e. The lowest BCUT2D eigenvalue weighted by molar-refractivity contribution is -0.218. The average molecular weight is 512 g/mol. The van der Waals surface area contributed by atoms with E-state index in [1.54, 1.807) is 57.2 Å². The van der Waals surface area contributed by atoms with Crippen molar-refractivity contribution in [2.75, 3.05) is 11.9 Å². The molecule has 8 heteroatoms. The van der Waals surface area contributed by atoms with Crippen molar-refractivity contribution in [1.29, 1.82) is 0 Å². The van der Waals surface area contributed by atoms with Gasteiger partial charge in [0.25, 0.3) is 0 Å². The minimum Gasteiger partial charge on any atom is -0.434 e.